The molecule has 1 aromatic heterocycles. The Hall–Kier alpha value is -3.89. The van der Waals surface area contributed by atoms with Gasteiger partial charge in [-0.1, -0.05) is 31.5 Å². The third-order valence-corrected chi connectivity index (χ3v) is 7.00. The Morgan fingerprint density at radius 1 is 1.16 bits per heavy atom. The van der Waals surface area contributed by atoms with Gasteiger partial charge in [0.1, 0.15) is 24.1 Å². The zero-order valence-corrected chi connectivity index (χ0v) is 23.6. The molecular formula is C27H35F3N6O7. The molecule has 3 amide bonds. The maximum absolute atomic E-state index is 13.0. The lowest BCUT2D eigenvalue weighted by molar-refractivity contribution is -0.137. The van der Waals surface area contributed by atoms with Gasteiger partial charge in [0.25, 0.3) is 5.91 Å². The highest BCUT2D eigenvalue weighted by atomic mass is 19.4. The van der Waals surface area contributed by atoms with Gasteiger partial charge in [-0.25, -0.2) is 4.68 Å². The minimum atomic E-state index is -4.59. The van der Waals surface area contributed by atoms with Crippen molar-refractivity contribution >= 4 is 29.2 Å². The Balaban J connectivity index is 1.63. The number of amides is 3. The summed E-state index contributed by atoms with van der Waals surface area (Å²) in [4.78, 5) is 49.4. The molecule has 3 rings (SSSR count). The van der Waals surface area contributed by atoms with Gasteiger partial charge in [-0.05, 0) is 31.0 Å². The fourth-order valence-electron chi connectivity index (χ4n) is 4.67. The van der Waals surface area contributed by atoms with Crippen molar-refractivity contribution in [1.82, 2.24) is 20.3 Å². The lowest BCUT2D eigenvalue weighted by Gasteiger charge is -2.19. The van der Waals surface area contributed by atoms with Gasteiger partial charge < -0.3 is 31.3 Å². The van der Waals surface area contributed by atoms with E-state index in [9.17, 15) is 42.6 Å². The maximum atomic E-state index is 13.0. The summed E-state index contributed by atoms with van der Waals surface area (Å²) in [6.45, 7) is 3.18. The number of anilines is 1. The minimum Gasteiger partial charge on any atom is -0.387 e. The first-order valence-electron chi connectivity index (χ1n) is 13.8. The number of alkyl halides is 3. The average Bonchev–Trinajstić information content (AvgIpc) is 3.49. The first-order valence-corrected chi connectivity index (χ1v) is 13.8. The number of hydrogen-bond acceptors (Lipinski definition) is 9. The molecule has 0 radical (unpaired) electrons. The van der Waals surface area contributed by atoms with E-state index < -0.39 is 59.9 Å². The van der Waals surface area contributed by atoms with E-state index in [-0.39, 0.29) is 49.4 Å². The average molecular weight is 613 g/mol. The first-order chi connectivity index (χ1) is 20.3. The molecule has 2 heterocycles. The number of nitrogens with one attached hydrogen (secondary N) is 2. The molecule has 0 bridgehead atoms. The van der Waals surface area contributed by atoms with Gasteiger partial charge in [0.05, 0.1) is 11.3 Å². The van der Waals surface area contributed by atoms with E-state index in [1.54, 1.807) is 6.92 Å². The van der Waals surface area contributed by atoms with E-state index in [0.29, 0.717) is 18.5 Å². The largest absolute Gasteiger partial charge is 0.416 e. The number of ether oxygens (including phenoxy) is 1. The molecular weight excluding hydrogens is 577 g/mol. The standard InChI is InChI=1S/C27H35F3N6O7/c1-3-6-18-21(24(31)41)34-35-36(18)26-23(40)22(39)19(43-26)13-32-25(42)14(11-17(37)4-2)9-10-20(38)33-16-8-5-7-15(12-16)27(28,29)30/h5,7-8,12,14,19,22-23,26,39-40H,3-4,6,9-11,13H2,1-2H3,(H2,31,41)(H,32,42)(H,33,38)/t14-,19-,22-,23-,26-/m1/s1. The van der Waals surface area contributed by atoms with Crippen LogP contribution in [-0.4, -0.2) is 73.6 Å². The number of carbonyl (C=O) groups is 4. The third-order valence-electron chi connectivity index (χ3n) is 7.00. The molecule has 236 valence electrons. The summed E-state index contributed by atoms with van der Waals surface area (Å²) in [6, 6.07) is 4.11. The summed E-state index contributed by atoms with van der Waals surface area (Å²) in [6.07, 6.45) is -9.33. The predicted molar refractivity (Wildman–Crippen MR) is 144 cm³/mol. The van der Waals surface area contributed by atoms with Crippen molar-refractivity contribution in [3.05, 3.63) is 41.2 Å². The van der Waals surface area contributed by atoms with Crippen LogP contribution < -0.4 is 16.4 Å². The molecule has 0 aliphatic carbocycles. The highest BCUT2D eigenvalue weighted by molar-refractivity contribution is 5.92. The number of carbonyl (C=O) groups excluding carboxylic acids is 4. The highest BCUT2D eigenvalue weighted by Gasteiger charge is 2.45. The number of Topliss-reactive ketones (excluding diaryl/α,β-unsaturated/α-hetero) is 1. The fraction of sp³-hybridized carbons (Fsp3) is 0.556. The van der Waals surface area contributed by atoms with Crippen LogP contribution in [0.15, 0.2) is 24.3 Å². The Morgan fingerprint density at radius 2 is 1.88 bits per heavy atom. The Bertz CT molecular complexity index is 1320. The molecule has 2 aromatic rings. The second-order valence-electron chi connectivity index (χ2n) is 10.2. The monoisotopic (exact) mass is 612 g/mol. The number of rotatable bonds is 14. The lowest BCUT2D eigenvalue weighted by Crippen LogP contribution is -2.42. The van der Waals surface area contributed by atoms with Gasteiger partial charge in [0.15, 0.2) is 11.9 Å². The Morgan fingerprint density at radius 3 is 2.51 bits per heavy atom. The van der Waals surface area contributed by atoms with Crippen molar-refractivity contribution in [3.8, 4) is 0 Å². The van der Waals surface area contributed by atoms with E-state index in [0.717, 1.165) is 18.2 Å². The molecule has 0 unspecified atom stereocenters. The van der Waals surface area contributed by atoms with Crippen LogP contribution in [0.4, 0.5) is 18.9 Å². The number of halogens is 3. The molecule has 1 aliphatic heterocycles. The predicted octanol–water partition coefficient (Wildman–Crippen LogP) is 1.49. The number of ketones is 1. The van der Waals surface area contributed by atoms with Crippen LogP contribution in [0, 0.1) is 5.92 Å². The summed E-state index contributed by atoms with van der Waals surface area (Å²) in [5.74, 6) is -3.28. The number of aliphatic hydroxyl groups is 2. The fourth-order valence-corrected chi connectivity index (χ4v) is 4.67. The van der Waals surface area contributed by atoms with Crippen LogP contribution in [0.2, 0.25) is 0 Å². The van der Waals surface area contributed by atoms with Crippen molar-refractivity contribution < 1.29 is 47.3 Å². The van der Waals surface area contributed by atoms with Crippen LogP contribution in [0.5, 0.6) is 0 Å². The number of nitrogens with two attached hydrogens (primary N) is 1. The summed E-state index contributed by atoms with van der Waals surface area (Å²) < 4.78 is 45.8. The van der Waals surface area contributed by atoms with Crippen molar-refractivity contribution in [2.24, 2.45) is 11.7 Å². The molecule has 1 aliphatic rings. The second kappa shape index (κ2) is 14.5. The molecule has 1 fully saturated rings. The Kier molecular flexibility index (Phi) is 11.4. The van der Waals surface area contributed by atoms with Crippen LogP contribution in [0.3, 0.4) is 0 Å². The van der Waals surface area contributed by atoms with Crippen molar-refractivity contribution in [3.63, 3.8) is 0 Å². The van der Waals surface area contributed by atoms with Crippen LogP contribution in [-0.2, 0) is 31.7 Å². The summed E-state index contributed by atoms with van der Waals surface area (Å²) in [5.41, 5.74) is 4.58. The second-order valence-corrected chi connectivity index (χ2v) is 10.2. The quantitative estimate of drug-likeness (QED) is 0.210. The van der Waals surface area contributed by atoms with E-state index in [4.69, 9.17) is 10.5 Å². The number of hydrogen-bond donors (Lipinski definition) is 5. The van der Waals surface area contributed by atoms with Crippen molar-refractivity contribution in [1.29, 1.82) is 0 Å². The van der Waals surface area contributed by atoms with Crippen molar-refractivity contribution in [2.45, 2.75) is 83.1 Å². The van der Waals surface area contributed by atoms with E-state index in [1.165, 1.54) is 10.7 Å². The highest BCUT2D eigenvalue weighted by Crippen LogP contribution is 2.32. The van der Waals surface area contributed by atoms with Gasteiger partial charge in [0.2, 0.25) is 11.8 Å². The number of aliphatic hydroxyl groups excluding tert-OH is 2. The van der Waals surface area contributed by atoms with E-state index in [1.807, 2.05) is 6.92 Å². The molecule has 5 atom stereocenters. The van der Waals surface area contributed by atoms with Crippen LogP contribution >= 0.6 is 0 Å². The molecule has 1 saturated heterocycles. The zero-order valence-electron chi connectivity index (χ0n) is 23.6. The van der Waals surface area contributed by atoms with Gasteiger partial charge >= 0.3 is 6.18 Å². The molecule has 13 nitrogen and oxygen atoms in total. The molecule has 0 saturated carbocycles. The molecule has 1 aromatic carbocycles. The number of nitrogens with zero attached hydrogens (tertiary/aromatic N) is 3. The van der Waals surface area contributed by atoms with Gasteiger partial charge in [0, 0.05) is 37.4 Å². The van der Waals surface area contributed by atoms with E-state index in [2.05, 4.69) is 20.9 Å². The maximum Gasteiger partial charge on any atom is 0.416 e. The number of primary amides is 1. The summed E-state index contributed by atoms with van der Waals surface area (Å²) in [5, 5.41) is 33.8. The molecule has 0 spiro atoms. The summed E-state index contributed by atoms with van der Waals surface area (Å²) >= 11 is 0. The third kappa shape index (κ3) is 8.58. The van der Waals surface area contributed by atoms with Gasteiger partial charge in [-0.2, -0.15) is 13.2 Å². The SMILES string of the molecule is CCCc1c(C(N)=O)nnn1[C@@H]1O[C@H](CNC(=O)[C@H](CCC(=O)Nc2cccc(C(F)(F)F)c2)CC(=O)CC)[C@@H](O)[C@H]1O. The summed E-state index contributed by atoms with van der Waals surface area (Å²) in [7, 11) is 0. The molecule has 6 N–H and O–H groups in total. The van der Waals surface area contributed by atoms with Crippen LogP contribution in [0.25, 0.3) is 0 Å². The molecule has 43 heavy (non-hydrogen) atoms. The lowest BCUT2D eigenvalue weighted by atomic mass is 9.94. The minimum absolute atomic E-state index is 0.0663. The first kappa shape index (κ1) is 33.6. The molecule has 16 heteroatoms. The smallest absolute Gasteiger partial charge is 0.387 e. The van der Waals surface area contributed by atoms with Crippen molar-refractivity contribution in [2.75, 3.05) is 11.9 Å². The van der Waals surface area contributed by atoms with Gasteiger partial charge in [-0.15, -0.1) is 5.10 Å². The van der Waals surface area contributed by atoms with Gasteiger partial charge in [-0.3, -0.25) is 19.2 Å². The van der Waals surface area contributed by atoms with Crippen LogP contribution in [0.1, 0.15) is 73.9 Å². The Labute approximate surface area is 244 Å². The number of benzene rings is 1. The normalized spacial score (nSPS) is 20.9. The topological polar surface area (TPSA) is 199 Å². The number of aromatic nitrogens is 3. The zero-order chi connectivity index (χ0) is 31.9. The van der Waals surface area contributed by atoms with E-state index >= 15 is 0 Å².